The number of methoxy groups -OCH3 is 1. The fraction of sp³-hybridized carbons (Fsp3) is 0.350. The van der Waals surface area contributed by atoms with Crippen LogP contribution in [-0.2, 0) is 6.54 Å². The van der Waals surface area contributed by atoms with Gasteiger partial charge in [0.15, 0.2) is 24.1 Å². The molecule has 0 unspecified atom stereocenters. The smallest absolute Gasteiger partial charge is 0.422 e. The van der Waals surface area contributed by atoms with Gasteiger partial charge in [-0.25, -0.2) is 0 Å². The van der Waals surface area contributed by atoms with Crippen LogP contribution in [0.1, 0.15) is 12.5 Å². The maximum atomic E-state index is 12.2. The highest BCUT2D eigenvalue weighted by Crippen LogP contribution is 2.30. The van der Waals surface area contributed by atoms with Crippen LogP contribution in [0.5, 0.6) is 17.2 Å². The first-order valence-corrected chi connectivity index (χ1v) is 8.91. The Kier molecular flexibility index (Phi) is 7.99. The number of halogens is 3. The molecule has 0 radical (unpaired) electrons. The van der Waals surface area contributed by atoms with Crippen molar-refractivity contribution in [3.63, 3.8) is 0 Å². The standard InChI is InChI=1S/C20H24F3N3O3/c1-4-28-17-10-7-15(11-18(17)27-3)26-19(24-2)25-12-14-5-8-16(9-6-14)29-13-20(21,22)23/h5-11H,4,12-13H2,1-3H3,(H2,24,25,26). The maximum absolute atomic E-state index is 12.2. The van der Waals surface area contributed by atoms with Crippen LogP contribution in [0.4, 0.5) is 18.9 Å². The van der Waals surface area contributed by atoms with Crippen molar-refractivity contribution in [2.45, 2.75) is 19.6 Å². The van der Waals surface area contributed by atoms with Crippen LogP contribution in [0.25, 0.3) is 0 Å². The molecule has 9 heteroatoms. The minimum Gasteiger partial charge on any atom is -0.493 e. The molecular formula is C20H24F3N3O3. The third-order valence-corrected chi connectivity index (χ3v) is 3.74. The third-order valence-electron chi connectivity index (χ3n) is 3.74. The van der Waals surface area contributed by atoms with Gasteiger partial charge >= 0.3 is 6.18 Å². The van der Waals surface area contributed by atoms with Gasteiger partial charge < -0.3 is 24.8 Å². The van der Waals surface area contributed by atoms with E-state index in [9.17, 15) is 13.2 Å². The highest BCUT2D eigenvalue weighted by molar-refractivity contribution is 5.93. The van der Waals surface area contributed by atoms with Crippen LogP contribution in [0.2, 0.25) is 0 Å². The summed E-state index contributed by atoms with van der Waals surface area (Å²) >= 11 is 0. The predicted octanol–water partition coefficient (Wildman–Crippen LogP) is 4.22. The molecule has 0 spiro atoms. The summed E-state index contributed by atoms with van der Waals surface area (Å²) in [5.74, 6) is 1.93. The Morgan fingerprint density at radius 3 is 2.34 bits per heavy atom. The van der Waals surface area contributed by atoms with Gasteiger partial charge in [0.05, 0.1) is 13.7 Å². The SMILES string of the molecule is CCOc1ccc(NC(=NC)NCc2ccc(OCC(F)(F)F)cc2)cc1OC. The van der Waals surface area contributed by atoms with Crippen molar-refractivity contribution >= 4 is 11.6 Å². The van der Waals surface area contributed by atoms with E-state index in [-0.39, 0.29) is 5.75 Å². The van der Waals surface area contributed by atoms with Crippen LogP contribution in [0.15, 0.2) is 47.5 Å². The van der Waals surface area contributed by atoms with Gasteiger partial charge in [-0.2, -0.15) is 13.2 Å². The average molecular weight is 411 g/mol. The Hall–Kier alpha value is -3.10. The van der Waals surface area contributed by atoms with Gasteiger partial charge in [-0.15, -0.1) is 0 Å². The molecule has 0 fully saturated rings. The summed E-state index contributed by atoms with van der Waals surface area (Å²) in [5, 5.41) is 6.28. The van der Waals surface area contributed by atoms with Gasteiger partial charge in [-0.3, -0.25) is 4.99 Å². The summed E-state index contributed by atoms with van der Waals surface area (Å²) in [5.41, 5.74) is 1.62. The van der Waals surface area contributed by atoms with E-state index < -0.39 is 12.8 Å². The Morgan fingerprint density at radius 1 is 1.03 bits per heavy atom. The molecule has 0 aliphatic carbocycles. The minimum absolute atomic E-state index is 0.162. The van der Waals surface area contributed by atoms with E-state index in [1.54, 1.807) is 38.4 Å². The van der Waals surface area contributed by atoms with Gasteiger partial charge in [0.1, 0.15) is 5.75 Å². The van der Waals surface area contributed by atoms with Gasteiger partial charge in [0.25, 0.3) is 0 Å². The predicted molar refractivity (Wildman–Crippen MR) is 106 cm³/mol. The van der Waals surface area contributed by atoms with Crippen molar-refractivity contribution in [1.82, 2.24) is 5.32 Å². The molecule has 2 aromatic carbocycles. The lowest BCUT2D eigenvalue weighted by Gasteiger charge is -2.15. The van der Waals surface area contributed by atoms with Crippen molar-refractivity contribution in [3.05, 3.63) is 48.0 Å². The van der Waals surface area contributed by atoms with Crippen LogP contribution in [0.3, 0.4) is 0 Å². The Morgan fingerprint density at radius 2 is 1.76 bits per heavy atom. The lowest BCUT2D eigenvalue weighted by atomic mass is 10.2. The Balaban J connectivity index is 1.92. The van der Waals surface area contributed by atoms with Crippen molar-refractivity contribution in [1.29, 1.82) is 0 Å². The van der Waals surface area contributed by atoms with Gasteiger partial charge in [0.2, 0.25) is 0 Å². The lowest BCUT2D eigenvalue weighted by Crippen LogP contribution is -2.30. The number of nitrogens with zero attached hydrogens (tertiary/aromatic N) is 1. The number of guanidine groups is 1. The van der Waals surface area contributed by atoms with E-state index in [4.69, 9.17) is 14.2 Å². The highest BCUT2D eigenvalue weighted by Gasteiger charge is 2.28. The molecule has 0 aromatic heterocycles. The van der Waals surface area contributed by atoms with Crippen LogP contribution in [0, 0.1) is 0 Å². The van der Waals surface area contributed by atoms with E-state index in [1.165, 1.54) is 12.1 Å². The number of rotatable bonds is 8. The molecule has 0 aliphatic rings. The van der Waals surface area contributed by atoms with Crippen molar-refractivity contribution in [2.24, 2.45) is 4.99 Å². The number of nitrogens with one attached hydrogen (secondary N) is 2. The van der Waals surface area contributed by atoms with E-state index in [0.717, 1.165) is 11.3 Å². The number of hydrogen-bond donors (Lipinski definition) is 2. The van der Waals surface area contributed by atoms with Gasteiger partial charge in [-0.1, -0.05) is 12.1 Å². The molecule has 6 nitrogen and oxygen atoms in total. The molecule has 29 heavy (non-hydrogen) atoms. The number of ether oxygens (including phenoxy) is 3. The minimum atomic E-state index is -4.36. The zero-order chi connectivity index (χ0) is 21.3. The van der Waals surface area contributed by atoms with Crippen molar-refractivity contribution < 1.29 is 27.4 Å². The Bertz CT molecular complexity index is 809. The topological polar surface area (TPSA) is 64.1 Å². The molecule has 2 aromatic rings. The first-order valence-electron chi connectivity index (χ1n) is 8.91. The third kappa shape index (κ3) is 7.44. The maximum Gasteiger partial charge on any atom is 0.422 e. The summed E-state index contributed by atoms with van der Waals surface area (Å²) in [4.78, 5) is 4.16. The second-order valence-electron chi connectivity index (χ2n) is 5.90. The van der Waals surface area contributed by atoms with E-state index >= 15 is 0 Å². The summed E-state index contributed by atoms with van der Waals surface area (Å²) < 4.78 is 52.1. The van der Waals surface area contributed by atoms with E-state index in [2.05, 4.69) is 15.6 Å². The number of alkyl halides is 3. The normalized spacial score (nSPS) is 11.7. The first kappa shape index (κ1) is 22.2. The Labute approximate surface area is 167 Å². The van der Waals surface area contributed by atoms with Crippen molar-refractivity contribution in [2.75, 3.05) is 32.7 Å². The van der Waals surface area contributed by atoms with E-state index in [0.29, 0.717) is 30.6 Å². The quantitative estimate of drug-likeness (QED) is 0.503. The average Bonchev–Trinajstić information content (AvgIpc) is 2.70. The molecule has 158 valence electrons. The van der Waals surface area contributed by atoms with Gasteiger partial charge in [0, 0.05) is 25.3 Å². The molecule has 0 amide bonds. The number of aliphatic imine (C=N–C) groups is 1. The van der Waals surface area contributed by atoms with Crippen LogP contribution in [-0.4, -0.2) is 39.5 Å². The second-order valence-corrected chi connectivity index (χ2v) is 5.90. The molecule has 2 rings (SSSR count). The largest absolute Gasteiger partial charge is 0.493 e. The zero-order valence-electron chi connectivity index (χ0n) is 16.5. The molecule has 2 N–H and O–H groups in total. The lowest BCUT2D eigenvalue weighted by molar-refractivity contribution is -0.153. The second kappa shape index (κ2) is 10.4. The zero-order valence-corrected chi connectivity index (χ0v) is 16.5. The fourth-order valence-electron chi connectivity index (χ4n) is 2.39. The monoisotopic (exact) mass is 411 g/mol. The molecule has 0 atom stereocenters. The molecule has 0 saturated heterocycles. The summed E-state index contributed by atoms with van der Waals surface area (Å²) in [6, 6.07) is 11.8. The summed E-state index contributed by atoms with van der Waals surface area (Å²) in [6.45, 7) is 1.54. The number of benzene rings is 2. The van der Waals surface area contributed by atoms with Crippen LogP contribution < -0.4 is 24.8 Å². The fourth-order valence-corrected chi connectivity index (χ4v) is 2.39. The first-order chi connectivity index (χ1) is 13.8. The molecule has 0 heterocycles. The summed E-state index contributed by atoms with van der Waals surface area (Å²) in [7, 11) is 3.20. The van der Waals surface area contributed by atoms with E-state index in [1.807, 2.05) is 13.0 Å². The number of hydrogen-bond acceptors (Lipinski definition) is 4. The van der Waals surface area contributed by atoms with Crippen LogP contribution >= 0.6 is 0 Å². The molecular weight excluding hydrogens is 387 g/mol. The highest BCUT2D eigenvalue weighted by atomic mass is 19.4. The molecule has 0 bridgehead atoms. The summed E-state index contributed by atoms with van der Waals surface area (Å²) in [6.07, 6.45) is -4.36. The van der Waals surface area contributed by atoms with Gasteiger partial charge in [-0.05, 0) is 36.8 Å². The number of anilines is 1. The molecule has 0 saturated carbocycles. The van der Waals surface area contributed by atoms with Crippen molar-refractivity contribution in [3.8, 4) is 17.2 Å². The molecule has 0 aliphatic heterocycles.